The van der Waals surface area contributed by atoms with Crippen LogP contribution in [0.3, 0.4) is 0 Å². The molecule has 0 aromatic heterocycles. The zero-order valence-corrected chi connectivity index (χ0v) is 12.6. The Labute approximate surface area is 111 Å². The zero-order valence-electron chi connectivity index (χ0n) is 11.8. The van der Waals surface area contributed by atoms with Crippen LogP contribution in [0, 0.1) is 11.3 Å². The molecule has 0 aromatic rings. The van der Waals surface area contributed by atoms with Gasteiger partial charge in [0.2, 0.25) is 10.0 Å². The van der Waals surface area contributed by atoms with Crippen molar-refractivity contribution in [1.82, 2.24) is 4.72 Å². The SMILES string of the molecule is CC(C)(C)CCS(=O)(=O)NCC1CCCCC1O. The highest BCUT2D eigenvalue weighted by Crippen LogP contribution is 2.24. The van der Waals surface area contributed by atoms with Crippen molar-refractivity contribution < 1.29 is 13.5 Å². The van der Waals surface area contributed by atoms with Gasteiger partial charge in [-0.3, -0.25) is 0 Å². The molecule has 2 unspecified atom stereocenters. The number of nitrogens with one attached hydrogen (secondary N) is 1. The first-order valence-corrected chi connectivity index (χ1v) is 8.50. The second-order valence-electron chi connectivity index (χ2n) is 6.59. The number of hydrogen-bond acceptors (Lipinski definition) is 3. The molecule has 2 atom stereocenters. The molecule has 0 amide bonds. The number of aliphatic hydroxyl groups is 1. The third kappa shape index (κ3) is 6.16. The first kappa shape index (κ1) is 15.9. The normalized spacial score (nSPS) is 26.2. The van der Waals surface area contributed by atoms with Crippen LogP contribution in [0.4, 0.5) is 0 Å². The molecule has 18 heavy (non-hydrogen) atoms. The topological polar surface area (TPSA) is 66.4 Å². The molecule has 108 valence electrons. The van der Waals surface area contributed by atoms with Gasteiger partial charge in [0.15, 0.2) is 0 Å². The maximum atomic E-state index is 11.8. The minimum absolute atomic E-state index is 0.0269. The van der Waals surface area contributed by atoms with Crippen LogP contribution in [0.15, 0.2) is 0 Å². The van der Waals surface area contributed by atoms with Gasteiger partial charge in [0, 0.05) is 6.54 Å². The van der Waals surface area contributed by atoms with E-state index in [0.717, 1.165) is 25.7 Å². The molecule has 0 bridgehead atoms. The number of aliphatic hydroxyl groups excluding tert-OH is 1. The molecule has 0 aromatic carbocycles. The van der Waals surface area contributed by atoms with Crippen LogP contribution in [0.5, 0.6) is 0 Å². The van der Waals surface area contributed by atoms with E-state index in [9.17, 15) is 13.5 Å². The molecule has 0 aliphatic heterocycles. The van der Waals surface area contributed by atoms with Crippen LogP contribution < -0.4 is 4.72 Å². The fraction of sp³-hybridized carbons (Fsp3) is 1.00. The Hall–Kier alpha value is -0.130. The lowest BCUT2D eigenvalue weighted by Gasteiger charge is -2.27. The van der Waals surface area contributed by atoms with Gasteiger partial charge in [0.1, 0.15) is 0 Å². The van der Waals surface area contributed by atoms with Crippen molar-refractivity contribution >= 4 is 10.0 Å². The summed E-state index contributed by atoms with van der Waals surface area (Å²) in [6, 6.07) is 0. The average molecular weight is 277 g/mol. The molecule has 0 spiro atoms. The van der Waals surface area contributed by atoms with Gasteiger partial charge in [0.05, 0.1) is 11.9 Å². The molecule has 1 saturated carbocycles. The van der Waals surface area contributed by atoms with Crippen molar-refractivity contribution in [3.63, 3.8) is 0 Å². The summed E-state index contributed by atoms with van der Waals surface area (Å²) in [6.07, 6.45) is 4.16. The minimum Gasteiger partial charge on any atom is -0.393 e. The van der Waals surface area contributed by atoms with E-state index in [2.05, 4.69) is 4.72 Å². The van der Waals surface area contributed by atoms with E-state index >= 15 is 0 Å². The Morgan fingerprint density at radius 1 is 1.22 bits per heavy atom. The molecule has 4 nitrogen and oxygen atoms in total. The maximum absolute atomic E-state index is 11.8. The van der Waals surface area contributed by atoms with E-state index in [4.69, 9.17) is 0 Å². The average Bonchev–Trinajstić information content (AvgIpc) is 2.25. The van der Waals surface area contributed by atoms with Crippen LogP contribution in [-0.2, 0) is 10.0 Å². The van der Waals surface area contributed by atoms with Crippen molar-refractivity contribution in [2.24, 2.45) is 11.3 Å². The molecule has 2 N–H and O–H groups in total. The van der Waals surface area contributed by atoms with Crippen LogP contribution >= 0.6 is 0 Å². The lowest BCUT2D eigenvalue weighted by molar-refractivity contribution is 0.0724. The molecule has 1 fully saturated rings. The van der Waals surface area contributed by atoms with E-state index in [-0.39, 0.29) is 23.2 Å². The molecular formula is C13H27NO3S. The highest BCUT2D eigenvalue weighted by molar-refractivity contribution is 7.89. The minimum atomic E-state index is -3.20. The third-order valence-electron chi connectivity index (χ3n) is 3.56. The third-order valence-corrected chi connectivity index (χ3v) is 4.90. The Kier molecular flexibility index (Phi) is 5.62. The second kappa shape index (κ2) is 6.35. The van der Waals surface area contributed by atoms with Crippen molar-refractivity contribution in [2.45, 2.75) is 59.0 Å². The fourth-order valence-corrected chi connectivity index (χ4v) is 3.67. The van der Waals surface area contributed by atoms with E-state index in [1.807, 2.05) is 20.8 Å². The molecule has 0 heterocycles. The first-order chi connectivity index (χ1) is 8.20. The monoisotopic (exact) mass is 277 g/mol. The molecule has 0 saturated heterocycles. The lowest BCUT2D eigenvalue weighted by Crippen LogP contribution is -2.38. The predicted octanol–water partition coefficient (Wildman–Crippen LogP) is 1.89. The van der Waals surface area contributed by atoms with Gasteiger partial charge < -0.3 is 5.11 Å². The fourth-order valence-electron chi connectivity index (χ4n) is 2.17. The summed E-state index contributed by atoms with van der Waals surface area (Å²) in [5.41, 5.74) is 0.0269. The van der Waals surface area contributed by atoms with E-state index in [1.54, 1.807) is 0 Å². The van der Waals surface area contributed by atoms with E-state index < -0.39 is 10.0 Å². The van der Waals surface area contributed by atoms with Gasteiger partial charge in [-0.25, -0.2) is 13.1 Å². The summed E-state index contributed by atoms with van der Waals surface area (Å²) in [6.45, 7) is 6.49. The first-order valence-electron chi connectivity index (χ1n) is 6.85. The molecule has 1 rings (SSSR count). The Morgan fingerprint density at radius 2 is 1.83 bits per heavy atom. The number of rotatable bonds is 5. The second-order valence-corrected chi connectivity index (χ2v) is 8.52. The summed E-state index contributed by atoms with van der Waals surface area (Å²) < 4.78 is 26.3. The molecule has 1 aliphatic rings. The predicted molar refractivity (Wildman–Crippen MR) is 73.8 cm³/mol. The van der Waals surface area contributed by atoms with Crippen LogP contribution in [0.25, 0.3) is 0 Å². The highest BCUT2D eigenvalue weighted by Gasteiger charge is 2.25. The maximum Gasteiger partial charge on any atom is 0.211 e. The Balaban J connectivity index is 2.36. The molecule has 1 aliphatic carbocycles. The van der Waals surface area contributed by atoms with Gasteiger partial charge >= 0.3 is 0 Å². The summed E-state index contributed by atoms with van der Waals surface area (Å²) in [7, 11) is -3.20. The van der Waals surface area contributed by atoms with E-state index in [0.29, 0.717) is 13.0 Å². The number of sulfonamides is 1. The standard InChI is InChI=1S/C13H27NO3S/c1-13(2,3)8-9-18(16,17)14-10-11-6-4-5-7-12(11)15/h11-12,14-15H,4-10H2,1-3H3. The summed E-state index contributed by atoms with van der Waals surface area (Å²) in [4.78, 5) is 0. The summed E-state index contributed by atoms with van der Waals surface area (Å²) in [5.74, 6) is 0.252. The van der Waals surface area contributed by atoms with E-state index in [1.165, 1.54) is 0 Å². The van der Waals surface area contributed by atoms with Crippen molar-refractivity contribution in [1.29, 1.82) is 0 Å². The van der Waals surface area contributed by atoms with Gasteiger partial charge in [-0.15, -0.1) is 0 Å². The van der Waals surface area contributed by atoms with Crippen molar-refractivity contribution in [2.75, 3.05) is 12.3 Å². The van der Waals surface area contributed by atoms with Crippen molar-refractivity contribution in [3.05, 3.63) is 0 Å². The molecule has 0 radical (unpaired) electrons. The molecular weight excluding hydrogens is 250 g/mol. The lowest BCUT2D eigenvalue weighted by atomic mass is 9.87. The number of hydrogen-bond donors (Lipinski definition) is 2. The van der Waals surface area contributed by atoms with Crippen molar-refractivity contribution in [3.8, 4) is 0 Å². The largest absolute Gasteiger partial charge is 0.393 e. The quantitative estimate of drug-likeness (QED) is 0.806. The van der Waals surface area contributed by atoms with Gasteiger partial charge in [0.25, 0.3) is 0 Å². The Bertz CT molecular complexity index is 346. The van der Waals surface area contributed by atoms with Crippen LogP contribution in [0.1, 0.15) is 52.9 Å². The molecule has 5 heteroatoms. The zero-order chi connectivity index (χ0) is 13.8. The van der Waals surface area contributed by atoms with Gasteiger partial charge in [-0.1, -0.05) is 33.6 Å². The van der Waals surface area contributed by atoms with Gasteiger partial charge in [-0.2, -0.15) is 0 Å². The van der Waals surface area contributed by atoms with Gasteiger partial charge in [-0.05, 0) is 30.6 Å². The summed E-state index contributed by atoms with van der Waals surface area (Å²) in [5, 5.41) is 9.79. The van der Waals surface area contributed by atoms with Crippen LogP contribution in [-0.4, -0.2) is 31.9 Å². The Morgan fingerprint density at radius 3 is 2.39 bits per heavy atom. The summed E-state index contributed by atoms with van der Waals surface area (Å²) >= 11 is 0. The smallest absolute Gasteiger partial charge is 0.211 e. The van der Waals surface area contributed by atoms with Crippen LogP contribution in [0.2, 0.25) is 0 Å². The highest BCUT2D eigenvalue weighted by atomic mass is 32.2.